The van der Waals surface area contributed by atoms with Crippen LogP contribution in [0.2, 0.25) is 0 Å². The summed E-state index contributed by atoms with van der Waals surface area (Å²) in [6.07, 6.45) is 7.68. The summed E-state index contributed by atoms with van der Waals surface area (Å²) in [5, 5.41) is 8.89. The normalized spacial score (nSPS) is 14.0. The van der Waals surface area contributed by atoms with Gasteiger partial charge in [0.2, 0.25) is 0 Å². The van der Waals surface area contributed by atoms with Gasteiger partial charge in [-0.25, -0.2) is 0 Å². The monoisotopic (exact) mass is 260 g/mol. The second-order valence-corrected chi connectivity index (χ2v) is 4.17. The van der Waals surface area contributed by atoms with E-state index in [1.165, 1.54) is 37.9 Å². The maximum absolute atomic E-state index is 8.89. The number of nitrogens with zero attached hydrogens (tertiary/aromatic N) is 2. The van der Waals surface area contributed by atoms with E-state index in [-0.39, 0.29) is 65.7 Å². The van der Waals surface area contributed by atoms with E-state index in [4.69, 9.17) is 5.11 Å². The van der Waals surface area contributed by atoms with E-state index in [0.717, 1.165) is 26.1 Å². The van der Waals surface area contributed by atoms with Crippen molar-refractivity contribution in [2.24, 2.45) is 4.99 Å². The van der Waals surface area contributed by atoms with E-state index in [1.807, 2.05) is 0 Å². The summed E-state index contributed by atoms with van der Waals surface area (Å²) < 4.78 is 0. The van der Waals surface area contributed by atoms with E-state index in [1.54, 1.807) is 0 Å². The van der Waals surface area contributed by atoms with Gasteiger partial charge in [-0.2, -0.15) is 0 Å². The summed E-state index contributed by atoms with van der Waals surface area (Å²) in [5.74, 6) is 1.22. The van der Waals surface area contributed by atoms with Crippen LogP contribution in [0.25, 0.3) is 0 Å². The Balaban J connectivity index is 0. The minimum atomic E-state index is 0. The molecule has 1 heterocycles. The number of aliphatic imine (C=N–C) groups is 1. The molecule has 17 heavy (non-hydrogen) atoms. The number of β-amino-alcohol motifs (C(OH)–C–C–N with tert-alkyl or cyclic N) is 1. The molecule has 0 unspecified atom stereocenters. The first-order chi connectivity index (χ1) is 7.38. The average Bonchev–Trinajstić information content (AvgIpc) is 2.66. The van der Waals surface area contributed by atoms with E-state index >= 15 is 0 Å². The Kier molecular flexibility index (Phi) is 16.9. The molecular formula is C12H26N2Na2O. The van der Waals surface area contributed by atoms with E-state index in [0.29, 0.717) is 0 Å². The summed E-state index contributed by atoms with van der Waals surface area (Å²) >= 11 is 0. The first-order valence-electron chi connectivity index (χ1n) is 6.27. The van der Waals surface area contributed by atoms with Gasteiger partial charge in [0.15, 0.2) is 0 Å². The van der Waals surface area contributed by atoms with Gasteiger partial charge in [0.1, 0.15) is 0 Å². The van der Waals surface area contributed by atoms with Crippen LogP contribution in [-0.2, 0) is 0 Å². The summed E-state index contributed by atoms with van der Waals surface area (Å²) in [6, 6.07) is 0. The Morgan fingerprint density at radius 1 is 1.18 bits per heavy atom. The summed E-state index contributed by atoms with van der Waals surface area (Å²) in [7, 11) is 0. The molecule has 1 aliphatic heterocycles. The van der Waals surface area contributed by atoms with Gasteiger partial charge in [0, 0.05) is 19.5 Å². The van der Waals surface area contributed by atoms with Crippen molar-refractivity contribution in [2.75, 3.05) is 26.2 Å². The fourth-order valence-electron chi connectivity index (χ4n) is 2.01. The van der Waals surface area contributed by atoms with Crippen LogP contribution in [0.5, 0.6) is 0 Å². The number of aliphatic hydroxyl groups excluding tert-OH is 1. The predicted molar refractivity (Wildman–Crippen MR) is 78.6 cm³/mol. The van der Waals surface area contributed by atoms with Gasteiger partial charge >= 0.3 is 59.1 Å². The van der Waals surface area contributed by atoms with E-state index in [2.05, 4.69) is 16.8 Å². The molecule has 0 saturated heterocycles. The Labute approximate surface area is 150 Å². The van der Waals surface area contributed by atoms with Gasteiger partial charge in [-0.15, -0.1) is 0 Å². The molecular weight excluding hydrogens is 234 g/mol. The topological polar surface area (TPSA) is 35.8 Å². The first-order valence-corrected chi connectivity index (χ1v) is 6.27. The molecule has 0 bridgehead atoms. The van der Waals surface area contributed by atoms with Crippen LogP contribution in [0.1, 0.15) is 45.4 Å². The van der Waals surface area contributed by atoms with Crippen molar-refractivity contribution in [3.63, 3.8) is 0 Å². The van der Waals surface area contributed by atoms with E-state index in [9.17, 15) is 0 Å². The van der Waals surface area contributed by atoms with Gasteiger partial charge < -0.3 is 10.0 Å². The van der Waals surface area contributed by atoms with Crippen molar-refractivity contribution in [3.05, 3.63) is 0 Å². The van der Waals surface area contributed by atoms with Crippen molar-refractivity contribution >= 4 is 65.0 Å². The molecule has 0 fully saturated rings. The van der Waals surface area contributed by atoms with Crippen molar-refractivity contribution in [1.82, 2.24) is 4.90 Å². The van der Waals surface area contributed by atoms with Crippen LogP contribution in [-0.4, -0.2) is 101 Å². The third-order valence-corrected chi connectivity index (χ3v) is 2.90. The second-order valence-electron chi connectivity index (χ2n) is 4.17. The summed E-state index contributed by atoms with van der Waals surface area (Å²) in [4.78, 5) is 6.71. The molecule has 1 aliphatic rings. The Morgan fingerprint density at radius 3 is 2.53 bits per heavy atom. The molecule has 0 aromatic heterocycles. The number of rotatable bonds is 8. The van der Waals surface area contributed by atoms with Crippen molar-refractivity contribution in [1.29, 1.82) is 0 Å². The molecule has 0 spiro atoms. The zero-order chi connectivity index (χ0) is 10.9. The molecule has 0 aromatic rings. The number of amidine groups is 1. The van der Waals surface area contributed by atoms with Crippen LogP contribution in [0.3, 0.4) is 0 Å². The quantitative estimate of drug-likeness (QED) is 0.516. The molecule has 5 heteroatoms. The van der Waals surface area contributed by atoms with Crippen molar-refractivity contribution in [3.8, 4) is 0 Å². The molecule has 0 amide bonds. The minimum absolute atomic E-state index is 0. The zero-order valence-corrected chi connectivity index (χ0v) is 9.91. The summed E-state index contributed by atoms with van der Waals surface area (Å²) in [6.45, 7) is 5.17. The Hall–Kier alpha value is 1.43. The Morgan fingerprint density at radius 2 is 1.88 bits per heavy atom. The molecule has 1 N–H and O–H groups in total. The van der Waals surface area contributed by atoms with Gasteiger partial charge in [0.05, 0.1) is 19.0 Å². The van der Waals surface area contributed by atoms with Crippen LogP contribution in [0.15, 0.2) is 4.99 Å². The van der Waals surface area contributed by atoms with E-state index < -0.39 is 0 Å². The zero-order valence-electron chi connectivity index (χ0n) is 9.91. The molecule has 0 saturated carbocycles. The summed E-state index contributed by atoms with van der Waals surface area (Å²) in [5.41, 5.74) is 0. The molecule has 0 aliphatic carbocycles. The van der Waals surface area contributed by atoms with Gasteiger partial charge in [-0.05, 0) is 6.42 Å². The number of unbranched alkanes of at least 4 members (excludes halogenated alkanes) is 4. The van der Waals surface area contributed by atoms with Crippen LogP contribution >= 0.6 is 0 Å². The van der Waals surface area contributed by atoms with Crippen LogP contribution in [0.4, 0.5) is 0 Å². The molecule has 3 nitrogen and oxygen atoms in total. The van der Waals surface area contributed by atoms with Gasteiger partial charge in [-0.1, -0.05) is 32.6 Å². The maximum atomic E-state index is 8.89. The number of aliphatic hydroxyl groups is 1. The third-order valence-electron chi connectivity index (χ3n) is 2.90. The number of hydrogen-bond acceptors (Lipinski definition) is 3. The van der Waals surface area contributed by atoms with Gasteiger partial charge in [0.25, 0.3) is 0 Å². The van der Waals surface area contributed by atoms with Crippen molar-refractivity contribution in [2.45, 2.75) is 45.4 Å². The standard InChI is InChI=1S/C12H24N2O.2Na.2H/c1-2-3-4-5-6-7-12-13-8-9-14(12)10-11-15;;;;/h15H,2-11H2,1H3;;;;. The second kappa shape index (κ2) is 13.9. The van der Waals surface area contributed by atoms with Crippen LogP contribution in [0, 0.1) is 0 Å². The fourth-order valence-corrected chi connectivity index (χ4v) is 2.01. The molecule has 0 aromatic carbocycles. The third kappa shape index (κ3) is 9.04. The molecule has 0 radical (unpaired) electrons. The van der Waals surface area contributed by atoms with Crippen molar-refractivity contribution < 1.29 is 5.11 Å². The number of hydrogen-bond donors (Lipinski definition) is 1. The SMILES string of the molecule is CCCCCCCC1=NCCN1CCO.[NaH].[NaH]. The molecule has 0 atom stereocenters. The van der Waals surface area contributed by atoms with Gasteiger partial charge in [-0.3, -0.25) is 4.99 Å². The predicted octanol–water partition coefficient (Wildman–Crippen LogP) is 0.756. The molecule has 92 valence electrons. The van der Waals surface area contributed by atoms with Crippen LogP contribution < -0.4 is 0 Å². The Bertz CT molecular complexity index is 201. The average molecular weight is 260 g/mol. The first kappa shape index (κ1) is 20.7. The fraction of sp³-hybridized carbons (Fsp3) is 0.917. The molecule has 1 rings (SSSR count).